The van der Waals surface area contributed by atoms with Crippen molar-refractivity contribution in [2.24, 2.45) is 13.0 Å². The summed E-state index contributed by atoms with van der Waals surface area (Å²) in [6.45, 7) is 0.212. The van der Waals surface area contributed by atoms with Crippen LogP contribution in [0.1, 0.15) is 35.6 Å². The Morgan fingerprint density at radius 2 is 1.71 bits per heavy atom. The second-order valence-corrected chi connectivity index (χ2v) is 8.32. The van der Waals surface area contributed by atoms with Gasteiger partial charge in [-0.3, -0.25) is 9.48 Å². The quantitative estimate of drug-likeness (QED) is 0.661. The molecule has 0 unspecified atom stereocenters. The standard InChI is InChI=1S/C24H23N3O4/c1-27-21(10-11-25-27)24(12-15(13-24)22(28)29)26-23(30)31-14-20-18-8-4-2-6-16(18)17-7-3-5-9-19(17)20/h2-11,15,20H,12-14H2,1H3,(H,26,30)(H,28,29). The van der Waals surface area contributed by atoms with Crippen LogP contribution >= 0.6 is 0 Å². The summed E-state index contributed by atoms with van der Waals surface area (Å²) < 4.78 is 7.35. The highest BCUT2D eigenvalue weighted by molar-refractivity contribution is 5.79. The van der Waals surface area contributed by atoms with Gasteiger partial charge in [0, 0.05) is 19.2 Å². The lowest BCUT2D eigenvalue weighted by atomic mass is 9.66. The van der Waals surface area contributed by atoms with Crippen molar-refractivity contribution in [2.45, 2.75) is 24.3 Å². The highest BCUT2D eigenvalue weighted by atomic mass is 16.5. The Labute approximate surface area is 179 Å². The van der Waals surface area contributed by atoms with Crippen molar-refractivity contribution < 1.29 is 19.4 Å². The van der Waals surface area contributed by atoms with Crippen LogP contribution in [0.2, 0.25) is 0 Å². The Morgan fingerprint density at radius 3 is 2.26 bits per heavy atom. The zero-order chi connectivity index (χ0) is 21.6. The fourth-order valence-corrected chi connectivity index (χ4v) is 5.00. The number of carbonyl (C=O) groups is 2. The minimum atomic E-state index is -0.855. The van der Waals surface area contributed by atoms with Gasteiger partial charge in [0.25, 0.3) is 0 Å². The van der Waals surface area contributed by atoms with Crippen molar-refractivity contribution in [3.8, 4) is 11.1 Å². The molecule has 0 saturated heterocycles. The van der Waals surface area contributed by atoms with Gasteiger partial charge < -0.3 is 15.2 Å². The summed E-state index contributed by atoms with van der Waals surface area (Å²) in [5.74, 6) is -1.38. The summed E-state index contributed by atoms with van der Waals surface area (Å²) in [5.41, 5.74) is 4.62. The fourth-order valence-electron chi connectivity index (χ4n) is 5.00. The number of fused-ring (bicyclic) bond motifs is 3. The van der Waals surface area contributed by atoms with Crippen LogP contribution in [-0.2, 0) is 22.1 Å². The Balaban J connectivity index is 1.33. The van der Waals surface area contributed by atoms with E-state index in [0.29, 0.717) is 12.8 Å². The third-order valence-corrected chi connectivity index (χ3v) is 6.54. The molecule has 7 nitrogen and oxygen atoms in total. The predicted octanol–water partition coefficient (Wildman–Crippen LogP) is 3.65. The molecule has 2 aliphatic carbocycles. The largest absolute Gasteiger partial charge is 0.481 e. The van der Waals surface area contributed by atoms with Gasteiger partial charge in [0.05, 0.1) is 17.2 Å². The lowest BCUT2D eigenvalue weighted by Crippen LogP contribution is -2.57. The van der Waals surface area contributed by atoms with Crippen LogP contribution in [0.4, 0.5) is 4.79 Å². The number of aromatic nitrogens is 2. The minimum Gasteiger partial charge on any atom is -0.481 e. The van der Waals surface area contributed by atoms with E-state index in [9.17, 15) is 14.7 Å². The Kier molecular flexibility index (Phi) is 4.54. The van der Waals surface area contributed by atoms with Crippen LogP contribution in [0, 0.1) is 5.92 Å². The number of hydrogen-bond donors (Lipinski definition) is 2. The van der Waals surface area contributed by atoms with E-state index in [-0.39, 0.29) is 12.5 Å². The summed E-state index contributed by atoms with van der Waals surface area (Å²) in [5, 5.41) is 16.5. The lowest BCUT2D eigenvalue weighted by molar-refractivity contribution is -0.148. The number of alkyl carbamates (subject to hydrolysis) is 1. The SMILES string of the molecule is Cn1nccc1C1(NC(=O)OCC2c3ccccc3-c3ccccc32)CC(C(=O)O)C1. The molecule has 0 aliphatic heterocycles. The smallest absolute Gasteiger partial charge is 0.407 e. The van der Waals surface area contributed by atoms with Gasteiger partial charge in [0.1, 0.15) is 6.61 Å². The topological polar surface area (TPSA) is 93.5 Å². The van der Waals surface area contributed by atoms with Crippen molar-refractivity contribution in [1.29, 1.82) is 0 Å². The highest BCUT2D eigenvalue weighted by Crippen LogP contribution is 2.46. The van der Waals surface area contributed by atoms with Crippen LogP contribution in [0.3, 0.4) is 0 Å². The van der Waals surface area contributed by atoms with Crippen molar-refractivity contribution in [1.82, 2.24) is 15.1 Å². The average molecular weight is 417 g/mol. The predicted molar refractivity (Wildman–Crippen MR) is 113 cm³/mol. The number of nitrogens with one attached hydrogen (secondary N) is 1. The summed E-state index contributed by atoms with van der Waals surface area (Å²) in [6.07, 6.45) is 1.72. The monoisotopic (exact) mass is 417 g/mol. The van der Waals surface area contributed by atoms with Gasteiger partial charge in [-0.1, -0.05) is 48.5 Å². The van der Waals surface area contributed by atoms with Gasteiger partial charge >= 0.3 is 12.1 Å². The van der Waals surface area contributed by atoms with Gasteiger partial charge in [0.15, 0.2) is 0 Å². The van der Waals surface area contributed by atoms with E-state index in [2.05, 4.69) is 34.7 Å². The van der Waals surface area contributed by atoms with Crippen molar-refractivity contribution >= 4 is 12.1 Å². The molecule has 3 aromatic rings. The van der Waals surface area contributed by atoms with E-state index in [1.807, 2.05) is 30.3 Å². The average Bonchev–Trinajstić information content (AvgIpc) is 3.30. The third kappa shape index (κ3) is 3.17. The molecule has 1 fully saturated rings. The Morgan fingerprint density at radius 1 is 1.10 bits per heavy atom. The molecule has 2 aliphatic rings. The van der Waals surface area contributed by atoms with Crippen molar-refractivity contribution in [3.63, 3.8) is 0 Å². The van der Waals surface area contributed by atoms with Gasteiger partial charge in [-0.25, -0.2) is 4.79 Å². The van der Waals surface area contributed by atoms with Crippen LogP contribution in [-0.4, -0.2) is 33.6 Å². The number of nitrogens with zero attached hydrogens (tertiary/aromatic N) is 2. The Bertz CT molecular complexity index is 1120. The molecule has 158 valence electrons. The summed E-state index contributed by atoms with van der Waals surface area (Å²) in [4.78, 5) is 24.2. The number of ether oxygens (including phenoxy) is 1. The lowest BCUT2D eigenvalue weighted by Gasteiger charge is -2.45. The van der Waals surface area contributed by atoms with E-state index in [1.165, 1.54) is 11.1 Å². The maximum atomic E-state index is 12.8. The molecule has 0 radical (unpaired) electrons. The first kappa shape index (κ1) is 19.4. The van der Waals surface area contributed by atoms with Crippen LogP contribution in [0.15, 0.2) is 60.8 Å². The number of carboxylic acid groups (broad SMARTS) is 1. The summed E-state index contributed by atoms with van der Waals surface area (Å²) in [6, 6.07) is 18.1. The van der Waals surface area contributed by atoms with Gasteiger partial charge in [-0.15, -0.1) is 0 Å². The molecule has 5 rings (SSSR count). The molecule has 1 amide bonds. The molecule has 2 N–H and O–H groups in total. The van der Waals surface area contributed by atoms with Gasteiger partial charge in [-0.2, -0.15) is 5.10 Å². The third-order valence-electron chi connectivity index (χ3n) is 6.54. The van der Waals surface area contributed by atoms with E-state index in [1.54, 1.807) is 17.9 Å². The molecule has 2 aromatic carbocycles. The van der Waals surface area contributed by atoms with Crippen LogP contribution in [0.25, 0.3) is 11.1 Å². The summed E-state index contributed by atoms with van der Waals surface area (Å²) in [7, 11) is 1.78. The molecule has 0 spiro atoms. The van der Waals surface area contributed by atoms with Gasteiger partial charge in [0.2, 0.25) is 0 Å². The molecule has 31 heavy (non-hydrogen) atoms. The normalized spacial score (nSPS) is 21.6. The molecular weight excluding hydrogens is 394 g/mol. The molecule has 1 aromatic heterocycles. The number of hydrogen-bond acceptors (Lipinski definition) is 4. The molecule has 0 atom stereocenters. The first-order valence-corrected chi connectivity index (χ1v) is 10.3. The molecule has 0 bridgehead atoms. The Hall–Kier alpha value is -3.61. The fraction of sp³-hybridized carbons (Fsp3) is 0.292. The molecule has 1 saturated carbocycles. The zero-order valence-corrected chi connectivity index (χ0v) is 17.1. The number of carbonyl (C=O) groups excluding carboxylic acids is 1. The number of rotatable bonds is 5. The molecular formula is C24H23N3O4. The first-order chi connectivity index (χ1) is 15.0. The van der Waals surface area contributed by atoms with Crippen LogP contribution < -0.4 is 5.32 Å². The maximum Gasteiger partial charge on any atom is 0.407 e. The zero-order valence-electron chi connectivity index (χ0n) is 17.1. The van der Waals surface area contributed by atoms with Crippen LogP contribution in [0.5, 0.6) is 0 Å². The first-order valence-electron chi connectivity index (χ1n) is 10.3. The van der Waals surface area contributed by atoms with Gasteiger partial charge in [-0.05, 0) is 41.2 Å². The van der Waals surface area contributed by atoms with Crippen molar-refractivity contribution in [2.75, 3.05) is 6.61 Å². The number of carboxylic acids is 1. The molecule has 7 heteroatoms. The van der Waals surface area contributed by atoms with Crippen molar-refractivity contribution in [3.05, 3.63) is 77.6 Å². The molecule has 1 heterocycles. The number of amides is 1. The summed E-state index contributed by atoms with van der Waals surface area (Å²) >= 11 is 0. The van der Waals surface area contributed by atoms with E-state index >= 15 is 0 Å². The van der Waals surface area contributed by atoms with E-state index in [4.69, 9.17) is 4.74 Å². The second kappa shape index (κ2) is 7.27. The number of aryl methyl sites for hydroxylation is 1. The number of aliphatic carboxylic acids is 1. The second-order valence-electron chi connectivity index (χ2n) is 8.32. The van der Waals surface area contributed by atoms with E-state index < -0.39 is 23.5 Å². The minimum absolute atomic E-state index is 0.0287. The maximum absolute atomic E-state index is 12.8. The van der Waals surface area contributed by atoms with E-state index in [0.717, 1.165) is 16.8 Å². The number of benzene rings is 2. The highest BCUT2D eigenvalue weighted by Gasteiger charge is 2.51.